The Labute approximate surface area is 333 Å². The number of benzene rings is 5. The monoisotopic (exact) mass is 789 g/mol. The number of rotatable bonds is 19. The number of imide groups is 1. The smallest absolute Gasteiger partial charge is 0.324 e. The Kier molecular flexibility index (Phi) is 13.5. The molecule has 1 aliphatic heterocycles. The van der Waals surface area contributed by atoms with Crippen molar-refractivity contribution in [3.8, 4) is 0 Å². The third kappa shape index (κ3) is 9.59. The quantitative estimate of drug-likeness (QED) is 0.0286. The highest BCUT2D eigenvalue weighted by Crippen LogP contribution is 2.59. The summed E-state index contributed by atoms with van der Waals surface area (Å²) in [6.07, 6.45) is -0.541. The van der Waals surface area contributed by atoms with Crippen LogP contribution >= 0.6 is 7.37 Å². The van der Waals surface area contributed by atoms with Crippen LogP contribution < -0.4 is 0 Å². The van der Waals surface area contributed by atoms with Gasteiger partial charge < -0.3 is 19.1 Å². The molecular formula is C46H48NO9P. The topological polar surface area (TPSA) is 137 Å². The number of ether oxygens (including phenoxy) is 3. The van der Waals surface area contributed by atoms with Crippen LogP contribution in [0.15, 0.2) is 127 Å². The zero-order valence-corrected chi connectivity index (χ0v) is 33.1. The second kappa shape index (κ2) is 18.7. The highest BCUT2D eigenvalue weighted by molar-refractivity contribution is 7.59. The first-order valence-electron chi connectivity index (χ1n) is 19.2. The molecule has 0 aliphatic carbocycles. The van der Waals surface area contributed by atoms with Crippen molar-refractivity contribution in [1.29, 1.82) is 0 Å². The molecule has 0 radical (unpaired) electrons. The van der Waals surface area contributed by atoms with Crippen LogP contribution in [0.5, 0.6) is 0 Å². The molecule has 0 spiro atoms. The largest absolute Gasteiger partial charge is 0.460 e. The Hall–Kier alpha value is -5.41. The molecule has 0 fully saturated rings. The van der Waals surface area contributed by atoms with Gasteiger partial charge in [0, 0.05) is 23.1 Å². The molecule has 1 aliphatic rings. The van der Waals surface area contributed by atoms with Gasteiger partial charge in [0.05, 0.1) is 12.3 Å². The van der Waals surface area contributed by atoms with Gasteiger partial charge in [-0.15, -0.1) is 0 Å². The molecule has 2 atom stereocenters. The molecule has 0 bridgehead atoms. The Morgan fingerprint density at radius 3 is 1.61 bits per heavy atom. The van der Waals surface area contributed by atoms with E-state index in [1.807, 2.05) is 42.5 Å². The summed E-state index contributed by atoms with van der Waals surface area (Å²) in [5.74, 6) is -3.86. The number of unbranched alkanes of at least 4 members (excludes halogenated alkanes) is 1. The van der Waals surface area contributed by atoms with Crippen LogP contribution in [-0.2, 0) is 48.2 Å². The summed E-state index contributed by atoms with van der Waals surface area (Å²) in [6.45, 7) is 3.86. The fraction of sp³-hybridized carbons (Fsp3) is 0.304. The minimum Gasteiger partial charge on any atom is -0.460 e. The van der Waals surface area contributed by atoms with Gasteiger partial charge in [0.2, 0.25) is 7.37 Å². The van der Waals surface area contributed by atoms with E-state index in [1.54, 1.807) is 98.8 Å². The van der Waals surface area contributed by atoms with Gasteiger partial charge in [-0.3, -0.25) is 28.6 Å². The van der Waals surface area contributed by atoms with E-state index in [-0.39, 0.29) is 49.5 Å². The lowest BCUT2D eigenvalue weighted by atomic mass is 9.75. The van der Waals surface area contributed by atoms with E-state index in [9.17, 15) is 24.1 Å². The molecule has 0 saturated heterocycles. The van der Waals surface area contributed by atoms with Gasteiger partial charge in [-0.2, -0.15) is 0 Å². The number of nitrogens with zero attached hydrogens (tertiary/aromatic N) is 1. The molecular weight excluding hydrogens is 741 g/mol. The summed E-state index contributed by atoms with van der Waals surface area (Å²) in [6, 6.07) is 37.6. The van der Waals surface area contributed by atoms with Crippen molar-refractivity contribution in [3.05, 3.63) is 155 Å². The maximum absolute atomic E-state index is 15.3. The molecule has 5 aromatic rings. The lowest BCUT2D eigenvalue weighted by molar-refractivity contribution is -0.176. The fourth-order valence-electron chi connectivity index (χ4n) is 7.61. The average Bonchev–Trinajstić information content (AvgIpc) is 3.22. The van der Waals surface area contributed by atoms with Crippen LogP contribution in [0.25, 0.3) is 10.8 Å². The molecule has 2 unspecified atom stereocenters. The third-order valence-corrected chi connectivity index (χ3v) is 12.6. The van der Waals surface area contributed by atoms with Crippen molar-refractivity contribution < 1.29 is 42.8 Å². The van der Waals surface area contributed by atoms with Crippen LogP contribution in [0.1, 0.15) is 76.9 Å². The first-order chi connectivity index (χ1) is 27.5. The van der Waals surface area contributed by atoms with Gasteiger partial charge in [-0.25, -0.2) is 0 Å². The van der Waals surface area contributed by atoms with E-state index >= 15 is 4.57 Å². The van der Waals surface area contributed by atoms with Crippen LogP contribution in [0.3, 0.4) is 0 Å². The third-order valence-electron chi connectivity index (χ3n) is 10.3. The van der Waals surface area contributed by atoms with Crippen LogP contribution in [-0.4, -0.2) is 52.1 Å². The predicted octanol–water partition coefficient (Wildman–Crippen LogP) is 8.94. The first-order valence-corrected chi connectivity index (χ1v) is 21.2. The van der Waals surface area contributed by atoms with E-state index in [4.69, 9.17) is 14.2 Å². The zero-order valence-electron chi connectivity index (χ0n) is 32.3. The molecule has 296 valence electrons. The first kappa shape index (κ1) is 41.2. The lowest BCUT2D eigenvalue weighted by Gasteiger charge is -2.41. The summed E-state index contributed by atoms with van der Waals surface area (Å²) in [7, 11) is -4.87. The highest BCUT2D eigenvalue weighted by atomic mass is 31.2. The van der Waals surface area contributed by atoms with Gasteiger partial charge in [0.25, 0.3) is 11.8 Å². The van der Waals surface area contributed by atoms with Crippen molar-refractivity contribution in [1.82, 2.24) is 4.90 Å². The Morgan fingerprint density at radius 1 is 0.667 bits per heavy atom. The van der Waals surface area contributed by atoms with Gasteiger partial charge in [-0.05, 0) is 59.4 Å². The van der Waals surface area contributed by atoms with E-state index < -0.39 is 48.5 Å². The number of hydrogen-bond acceptors (Lipinski definition) is 8. The molecule has 1 N–H and O–H groups in total. The van der Waals surface area contributed by atoms with Crippen molar-refractivity contribution in [2.24, 2.45) is 11.3 Å². The standard InChI is InChI=1S/C46H48NO9P/c1-33(2)28-46(44(50)55-30-35-18-8-4-9-19-35,45(51)56-31-36-20-10-5-11-21-36)40(26-12-13-27-54-29-34-16-6-3-7-17-34)57(52,53)32-47-42(48)38-24-14-22-37-23-15-25-39(41(37)38)43(47)49/h3-11,14-25,33,40H,12-13,26-32H2,1-2H3,(H,52,53). The maximum Gasteiger partial charge on any atom is 0.324 e. The van der Waals surface area contributed by atoms with Crippen molar-refractivity contribution in [3.63, 3.8) is 0 Å². The van der Waals surface area contributed by atoms with E-state index in [1.165, 1.54) is 0 Å². The molecule has 0 aromatic heterocycles. The molecule has 11 heteroatoms. The number of carbonyl (C=O) groups excluding carboxylic acids is 4. The average molecular weight is 790 g/mol. The molecule has 1 heterocycles. The molecule has 10 nitrogen and oxygen atoms in total. The van der Waals surface area contributed by atoms with Crippen molar-refractivity contribution in [2.75, 3.05) is 12.9 Å². The SMILES string of the molecule is CC(C)CC(C(=O)OCc1ccccc1)(C(=O)OCc1ccccc1)C(CCCCOCc1ccccc1)P(=O)(O)CN1C(=O)c2cccc3cccc(c23)C1=O. The van der Waals surface area contributed by atoms with Gasteiger partial charge in [-0.1, -0.05) is 136 Å². The Bertz CT molecular complexity index is 2120. The number of hydrogen-bond donors (Lipinski definition) is 1. The summed E-state index contributed by atoms with van der Waals surface area (Å²) in [5, 5.41) is 1.15. The molecule has 5 aromatic carbocycles. The lowest BCUT2D eigenvalue weighted by Crippen LogP contribution is -2.53. The Morgan fingerprint density at radius 2 is 1.14 bits per heavy atom. The van der Waals surface area contributed by atoms with Crippen LogP contribution in [0, 0.1) is 11.3 Å². The summed E-state index contributed by atoms with van der Waals surface area (Å²) in [4.78, 5) is 70.9. The van der Waals surface area contributed by atoms with Gasteiger partial charge in [0.1, 0.15) is 19.5 Å². The molecule has 6 rings (SSSR count). The minimum absolute atomic E-state index is 0.113. The second-order valence-corrected chi connectivity index (χ2v) is 17.3. The highest BCUT2D eigenvalue weighted by Gasteiger charge is 2.61. The van der Waals surface area contributed by atoms with E-state index in [2.05, 4.69) is 0 Å². The Balaban J connectivity index is 1.37. The van der Waals surface area contributed by atoms with Crippen LogP contribution in [0.2, 0.25) is 0 Å². The van der Waals surface area contributed by atoms with Crippen LogP contribution in [0.4, 0.5) is 0 Å². The second-order valence-electron chi connectivity index (χ2n) is 14.9. The molecule has 2 amide bonds. The fourth-order valence-corrected chi connectivity index (χ4v) is 10.1. The number of esters is 2. The van der Waals surface area contributed by atoms with Crippen molar-refractivity contribution >= 4 is 41.9 Å². The number of amides is 2. The normalized spacial score (nSPS) is 14.4. The number of carbonyl (C=O) groups is 4. The van der Waals surface area contributed by atoms with Gasteiger partial charge >= 0.3 is 11.9 Å². The zero-order chi connectivity index (χ0) is 40.4. The summed E-state index contributed by atoms with van der Waals surface area (Å²) in [5.41, 5.74) is -1.19. The predicted molar refractivity (Wildman–Crippen MR) is 217 cm³/mol. The van der Waals surface area contributed by atoms with Gasteiger partial charge in [0.15, 0.2) is 5.41 Å². The molecule has 57 heavy (non-hydrogen) atoms. The van der Waals surface area contributed by atoms with E-state index in [0.717, 1.165) is 10.5 Å². The van der Waals surface area contributed by atoms with E-state index in [0.29, 0.717) is 41.5 Å². The minimum atomic E-state index is -4.87. The van der Waals surface area contributed by atoms with Crippen molar-refractivity contribution in [2.45, 2.75) is 65.0 Å². The summed E-state index contributed by atoms with van der Waals surface area (Å²) < 4.78 is 33.0. The maximum atomic E-state index is 15.3. The molecule has 0 saturated carbocycles. The summed E-state index contributed by atoms with van der Waals surface area (Å²) >= 11 is 0.